The van der Waals surface area contributed by atoms with Gasteiger partial charge in [0.1, 0.15) is 11.6 Å². The molecule has 0 saturated carbocycles. The quantitative estimate of drug-likeness (QED) is 0.546. The molecule has 0 N–H and O–H groups in total. The molecule has 0 saturated heterocycles. The molecule has 0 aliphatic heterocycles. The van der Waals surface area contributed by atoms with Crippen LogP contribution >= 0.6 is 0 Å². The van der Waals surface area contributed by atoms with Gasteiger partial charge >= 0.3 is 0 Å². The minimum atomic E-state index is -0.884. The SMILES string of the molecule is CCCOc1ccc(C=CC(=O)c2ccc(F)cc2F)cc1OC. The van der Waals surface area contributed by atoms with Crippen LogP contribution in [0, 0.1) is 11.6 Å². The molecule has 126 valence electrons. The van der Waals surface area contributed by atoms with E-state index < -0.39 is 17.4 Å². The van der Waals surface area contributed by atoms with Gasteiger partial charge in [-0.15, -0.1) is 0 Å². The molecule has 5 heteroatoms. The lowest BCUT2D eigenvalue weighted by Crippen LogP contribution is -1.99. The zero-order valence-electron chi connectivity index (χ0n) is 13.5. The van der Waals surface area contributed by atoms with Gasteiger partial charge in [-0.1, -0.05) is 19.1 Å². The predicted octanol–water partition coefficient (Wildman–Crippen LogP) is 4.66. The number of ketones is 1. The molecule has 0 aliphatic rings. The van der Waals surface area contributed by atoms with E-state index in [-0.39, 0.29) is 5.56 Å². The number of hydrogen-bond donors (Lipinski definition) is 0. The van der Waals surface area contributed by atoms with E-state index in [9.17, 15) is 13.6 Å². The van der Waals surface area contributed by atoms with Crippen LogP contribution in [0.5, 0.6) is 11.5 Å². The van der Waals surface area contributed by atoms with Gasteiger partial charge in [0.2, 0.25) is 0 Å². The van der Waals surface area contributed by atoms with E-state index in [4.69, 9.17) is 9.47 Å². The highest BCUT2D eigenvalue weighted by Crippen LogP contribution is 2.28. The fraction of sp³-hybridized carbons (Fsp3) is 0.211. The van der Waals surface area contributed by atoms with Crippen molar-refractivity contribution in [3.63, 3.8) is 0 Å². The third-order valence-corrected chi connectivity index (χ3v) is 3.27. The number of carbonyl (C=O) groups excluding carboxylic acids is 1. The molecule has 0 unspecified atom stereocenters. The van der Waals surface area contributed by atoms with Crippen molar-refractivity contribution in [1.29, 1.82) is 0 Å². The monoisotopic (exact) mass is 332 g/mol. The maximum absolute atomic E-state index is 13.6. The average Bonchev–Trinajstić information content (AvgIpc) is 2.58. The Bertz CT molecular complexity index is 754. The standard InChI is InChI=1S/C19H18F2O3/c1-3-10-24-18-9-5-13(11-19(18)23-2)4-8-17(22)15-7-6-14(20)12-16(15)21/h4-9,11-12H,3,10H2,1-2H3. The number of halogens is 2. The summed E-state index contributed by atoms with van der Waals surface area (Å²) in [6, 6.07) is 8.09. The fourth-order valence-electron chi connectivity index (χ4n) is 2.07. The Morgan fingerprint density at radius 2 is 1.92 bits per heavy atom. The highest BCUT2D eigenvalue weighted by Gasteiger charge is 2.10. The van der Waals surface area contributed by atoms with Gasteiger partial charge in [0.15, 0.2) is 17.3 Å². The lowest BCUT2D eigenvalue weighted by atomic mass is 10.1. The molecule has 0 bridgehead atoms. The molecule has 0 spiro atoms. The number of carbonyl (C=O) groups is 1. The molecule has 0 aliphatic carbocycles. The maximum Gasteiger partial charge on any atom is 0.188 e. The van der Waals surface area contributed by atoms with Crippen LogP contribution in [0.15, 0.2) is 42.5 Å². The number of benzene rings is 2. The average molecular weight is 332 g/mol. The second-order valence-corrected chi connectivity index (χ2v) is 5.08. The fourth-order valence-corrected chi connectivity index (χ4v) is 2.07. The first kappa shape index (κ1) is 17.7. The van der Waals surface area contributed by atoms with Crippen molar-refractivity contribution in [3.05, 3.63) is 65.2 Å². The van der Waals surface area contributed by atoms with Gasteiger partial charge in [0, 0.05) is 6.07 Å². The Morgan fingerprint density at radius 3 is 2.58 bits per heavy atom. The van der Waals surface area contributed by atoms with E-state index in [0.29, 0.717) is 29.7 Å². The van der Waals surface area contributed by atoms with Gasteiger partial charge in [0.05, 0.1) is 19.3 Å². The molecule has 24 heavy (non-hydrogen) atoms. The summed E-state index contributed by atoms with van der Waals surface area (Å²) in [5.74, 6) is -0.984. The molecule has 0 radical (unpaired) electrons. The van der Waals surface area contributed by atoms with Crippen molar-refractivity contribution in [1.82, 2.24) is 0 Å². The molecule has 0 atom stereocenters. The summed E-state index contributed by atoms with van der Waals surface area (Å²) in [7, 11) is 1.53. The topological polar surface area (TPSA) is 35.5 Å². The van der Waals surface area contributed by atoms with Gasteiger partial charge < -0.3 is 9.47 Å². The van der Waals surface area contributed by atoms with Crippen LogP contribution in [0.4, 0.5) is 8.78 Å². The van der Waals surface area contributed by atoms with E-state index in [1.54, 1.807) is 18.2 Å². The van der Waals surface area contributed by atoms with Crippen LogP contribution in [0.1, 0.15) is 29.3 Å². The van der Waals surface area contributed by atoms with Crippen molar-refractivity contribution in [2.75, 3.05) is 13.7 Å². The van der Waals surface area contributed by atoms with E-state index in [1.807, 2.05) is 6.92 Å². The minimum Gasteiger partial charge on any atom is -0.493 e. The van der Waals surface area contributed by atoms with Crippen molar-refractivity contribution in [2.24, 2.45) is 0 Å². The highest BCUT2D eigenvalue weighted by atomic mass is 19.1. The van der Waals surface area contributed by atoms with Crippen molar-refractivity contribution in [3.8, 4) is 11.5 Å². The summed E-state index contributed by atoms with van der Waals surface area (Å²) in [4.78, 5) is 12.0. The molecule has 0 amide bonds. The van der Waals surface area contributed by atoms with Crippen LogP contribution < -0.4 is 9.47 Å². The van der Waals surface area contributed by atoms with Gasteiger partial charge in [-0.25, -0.2) is 8.78 Å². The summed E-state index contributed by atoms with van der Waals surface area (Å²) < 4.78 is 37.3. The van der Waals surface area contributed by atoms with Gasteiger partial charge in [-0.3, -0.25) is 4.79 Å². The second kappa shape index (κ2) is 8.24. The zero-order valence-corrected chi connectivity index (χ0v) is 13.5. The van der Waals surface area contributed by atoms with Crippen LogP contribution in [-0.2, 0) is 0 Å². The maximum atomic E-state index is 13.6. The second-order valence-electron chi connectivity index (χ2n) is 5.08. The van der Waals surface area contributed by atoms with Crippen molar-refractivity contribution >= 4 is 11.9 Å². The molecule has 2 aromatic rings. The van der Waals surface area contributed by atoms with E-state index in [2.05, 4.69) is 0 Å². The number of hydrogen-bond acceptors (Lipinski definition) is 3. The Kier molecular flexibility index (Phi) is 6.07. The van der Waals surface area contributed by atoms with Crippen LogP contribution in [0.25, 0.3) is 6.08 Å². The van der Waals surface area contributed by atoms with E-state index in [0.717, 1.165) is 18.6 Å². The Morgan fingerprint density at radius 1 is 1.12 bits per heavy atom. The number of methoxy groups -OCH3 is 1. The molecule has 3 nitrogen and oxygen atoms in total. The highest BCUT2D eigenvalue weighted by molar-refractivity contribution is 6.07. The van der Waals surface area contributed by atoms with Crippen molar-refractivity contribution < 1.29 is 23.0 Å². The first-order valence-electron chi connectivity index (χ1n) is 7.53. The van der Waals surface area contributed by atoms with Gasteiger partial charge in [-0.2, -0.15) is 0 Å². The molecule has 0 aromatic heterocycles. The Balaban J connectivity index is 2.17. The number of rotatable bonds is 7. The van der Waals surface area contributed by atoms with Crippen molar-refractivity contribution in [2.45, 2.75) is 13.3 Å². The Labute approximate surface area is 139 Å². The molecule has 2 aromatic carbocycles. The molecule has 2 rings (SSSR count). The minimum absolute atomic E-state index is 0.178. The number of allylic oxidation sites excluding steroid dienone is 1. The van der Waals surface area contributed by atoms with Crippen LogP contribution in [0.3, 0.4) is 0 Å². The lowest BCUT2D eigenvalue weighted by molar-refractivity contribution is 0.104. The summed E-state index contributed by atoms with van der Waals surface area (Å²) in [5.41, 5.74) is 0.522. The number of ether oxygens (including phenoxy) is 2. The molecule has 0 fully saturated rings. The first-order valence-corrected chi connectivity index (χ1v) is 7.53. The predicted molar refractivity (Wildman–Crippen MR) is 88.5 cm³/mol. The van der Waals surface area contributed by atoms with Crippen LogP contribution in [-0.4, -0.2) is 19.5 Å². The summed E-state index contributed by atoms with van der Waals surface area (Å²) in [6.45, 7) is 2.58. The summed E-state index contributed by atoms with van der Waals surface area (Å²) >= 11 is 0. The van der Waals surface area contributed by atoms with E-state index in [1.165, 1.54) is 19.3 Å². The molecular weight excluding hydrogens is 314 g/mol. The summed E-state index contributed by atoms with van der Waals surface area (Å²) in [6.07, 6.45) is 3.65. The van der Waals surface area contributed by atoms with E-state index >= 15 is 0 Å². The zero-order chi connectivity index (χ0) is 17.5. The largest absolute Gasteiger partial charge is 0.493 e. The first-order chi connectivity index (χ1) is 11.5. The third kappa shape index (κ3) is 4.41. The summed E-state index contributed by atoms with van der Waals surface area (Å²) in [5, 5.41) is 0. The molecular formula is C19H18F2O3. The molecule has 0 heterocycles. The lowest BCUT2D eigenvalue weighted by Gasteiger charge is -2.10. The van der Waals surface area contributed by atoms with Gasteiger partial charge in [-0.05, 0) is 42.3 Å². The smallest absolute Gasteiger partial charge is 0.188 e. The Hall–Kier alpha value is -2.69. The normalized spacial score (nSPS) is 10.8. The van der Waals surface area contributed by atoms with Crippen LogP contribution in [0.2, 0.25) is 0 Å². The van der Waals surface area contributed by atoms with Gasteiger partial charge in [0.25, 0.3) is 0 Å². The third-order valence-electron chi connectivity index (χ3n) is 3.27.